The first-order valence-electron chi connectivity index (χ1n) is 12.8. The van der Waals surface area contributed by atoms with E-state index in [2.05, 4.69) is 31.0 Å². The fourth-order valence-electron chi connectivity index (χ4n) is 5.22. The molecule has 3 heterocycles. The SMILES string of the molecule is OC1N[C@@](c2ccc(CCCCC(F)(F)F)cc2F)(C(F)(F)F)CC(c2ccn(C3CCC3)n2)=C1c1nn[nH]n1. The molecule has 216 valence electrons. The highest BCUT2D eigenvalue weighted by Crippen LogP contribution is 2.51. The van der Waals surface area contributed by atoms with Crippen molar-refractivity contribution in [1.29, 1.82) is 0 Å². The number of aryl methyl sites for hydroxylation is 1. The van der Waals surface area contributed by atoms with Crippen molar-refractivity contribution in [3.63, 3.8) is 0 Å². The van der Waals surface area contributed by atoms with Crippen LogP contribution in [0.5, 0.6) is 0 Å². The van der Waals surface area contributed by atoms with E-state index in [1.807, 2.05) is 0 Å². The molecular formula is C25H26F7N7O. The van der Waals surface area contributed by atoms with Crippen LogP contribution in [0.4, 0.5) is 30.7 Å². The largest absolute Gasteiger partial charge is 0.411 e. The van der Waals surface area contributed by atoms with E-state index < -0.39 is 48.3 Å². The van der Waals surface area contributed by atoms with E-state index >= 15 is 4.39 Å². The molecule has 2 atom stereocenters. The number of aliphatic hydroxyl groups excluding tert-OH is 1. The molecule has 3 aromatic rings. The normalized spacial score (nSPS) is 22.6. The first-order chi connectivity index (χ1) is 18.9. The van der Waals surface area contributed by atoms with Crippen LogP contribution in [-0.2, 0) is 12.0 Å². The van der Waals surface area contributed by atoms with Gasteiger partial charge in [0.15, 0.2) is 0 Å². The summed E-state index contributed by atoms with van der Waals surface area (Å²) in [5.41, 5.74) is -3.51. The number of aromatic amines is 1. The summed E-state index contributed by atoms with van der Waals surface area (Å²) >= 11 is 0. The fourth-order valence-corrected chi connectivity index (χ4v) is 5.22. The molecule has 2 aromatic heterocycles. The zero-order chi connectivity index (χ0) is 28.7. The zero-order valence-electron chi connectivity index (χ0n) is 21.0. The first kappa shape index (κ1) is 28.2. The second kappa shape index (κ2) is 10.6. The van der Waals surface area contributed by atoms with Crippen molar-refractivity contribution in [2.75, 3.05) is 0 Å². The standard InChI is InChI=1S/C25H26F7N7O/c26-18-12-14(4-1-2-10-24(27,28)29)7-8-17(18)23(25(30,31)32)13-16(19-9-11-39(36-19)15-5-3-6-15)20(22(40)33-23)21-34-37-38-35-21/h7-9,11-12,15,22,33,40H,1-6,10,13H2,(H,34,35,37,38)/t22?,23-/m0/s1. The Hall–Kier alpha value is -3.33. The molecule has 1 saturated carbocycles. The van der Waals surface area contributed by atoms with Gasteiger partial charge in [-0.3, -0.25) is 10.00 Å². The Morgan fingerprint density at radius 2 is 1.85 bits per heavy atom. The molecule has 0 saturated heterocycles. The highest BCUT2D eigenvalue weighted by Gasteiger charge is 2.60. The number of nitrogens with zero attached hydrogens (tertiary/aromatic N) is 5. The lowest BCUT2D eigenvalue weighted by Crippen LogP contribution is -2.60. The number of halogens is 7. The van der Waals surface area contributed by atoms with Crippen molar-refractivity contribution in [3.8, 4) is 0 Å². The van der Waals surface area contributed by atoms with Gasteiger partial charge in [0.2, 0.25) is 5.82 Å². The van der Waals surface area contributed by atoms with Crippen molar-refractivity contribution in [3.05, 3.63) is 58.9 Å². The molecule has 0 bridgehead atoms. The van der Waals surface area contributed by atoms with E-state index in [0.29, 0.717) is 0 Å². The van der Waals surface area contributed by atoms with Gasteiger partial charge >= 0.3 is 12.4 Å². The Morgan fingerprint density at radius 3 is 2.45 bits per heavy atom. The van der Waals surface area contributed by atoms with Crippen LogP contribution in [0.15, 0.2) is 30.5 Å². The van der Waals surface area contributed by atoms with E-state index in [1.54, 1.807) is 10.9 Å². The maximum Gasteiger partial charge on any atom is 0.411 e. The molecule has 1 aromatic carbocycles. The number of hydrogen-bond acceptors (Lipinski definition) is 6. The summed E-state index contributed by atoms with van der Waals surface area (Å²) < 4.78 is 99.0. The topological polar surface area (TPSA) is 105 Å². The molecule has 0 amide bonds. The minimum absolute atomic E-state index is 0.0290. The number of alkyl halides is 6. The molecule has 15 heteroatoms. The fraction of sp³-hybridized carbons (Fsp3) is 0.520. The lowest BCUT2D eigenvalue weighted by atomic mass is 9.76. The number of hydrogen-bond donors (Lipinski definition) is 3. The van der Waals surface area contributed by atoms with Crippen molar-refractivity contribution in [2.45, 2.75) is 81.5 Å². The van der Waals surface area contributed by atoms with Gasteiger partial charge in [0.1, 0.15) is 17.6 Å². The van der Waals surface area contributed by atoms with Crippen LogP contribution in [0.2, 0.25) is 0 Å². The van der Waals surface area contributed by atoms with E-state index in [0.717, 1.165) is 31.4 Å². The third-order valence-corrected chi connectivity index (χ3v) is 7.53. The molecule has 0 spiro atoms. The van der Waals surface area contributed by atoms with Crippen molar-refractivity contribution in [1.82, 2.24) is 35.7 Å². The van der Waals surface area contributed by atoms with E-state index in [1.165, 1.54) is 12.1 Å². The van der Waals surface area contributed by atoms with Crippen molar-refractivity contribution >= 4 is 11.1 Å². The molecule has 3 N–H and O–H groups in total. The zero-order valence-corrected chi connectivity index (χ0v) is 21.0. The average molecular weight is 574 g/mol. The quantitative estimate of drug-likeness (QED) is 0.252. The maximum atomic E-state index is 15.4. The van der Waals surface area contributed by atoms with Gasteiger partial charge in [0, 0.05) is 30.2 Å². The Kier molecular flexibility index (Phi) is 7.46. The molecule has 8 nitrogen and oxygen atoms in total. The number of nitrogens with one attached hydrogen (secondary N) is 2. The summed E-state index contributed by atoms with van der Waals surface area (Å²) in [4.78, 5) is 0. The predicted molar refractivity (Wildman–Crippen MR) is 128 cm³/mol. The van der Waals surface area contributed by atoms with E-state index in [4.69, 9.17) is 0 Å². The molecule has 0 radical (unpaired) electrons. The molecular weight excluding hydrogens is 547 g/mol. The predicted octanol–water partition coefficient (Wildman–Crippen LogP) is 5.22. The number of aromatic nitrogens is 6. The summed E-state index contributed by atoms with van der Waals surface area (Å²) in [6.45, 7) is 0. The molecule has 40 heavy (non-hydrogen) atoms. The van der Waals surface area contributed by atoms with Crippen molar-refractivity contribution in [2.24, 2.45) is 0 Å². The summed E-state index contributed by atoms with van der Waals surface area (Å²) in [6, 6.07) is 4.77. The van der Waals surface area contributed by atoms with Gasteiger partial charge in [0.05, 0.1) is 11.7 Å². The Morgan fingerprint density at radius 1 is 1.07 bits per heavy atom. The number of tetrazole rings is 1. The Balaban J connectivity index is 1.52. The lowest BCUT2D eigenvalue weighted by molar-refractivity contribution is -0.208. The van der Waals surface area contributed by atoms with Gasteiger partial charge in [-0.1, -0.05) is 12.1 Å². The molecule has 1 unspecified atom stereocenters. The Bertz CT molecular complexity index is 1360. The summed E-state index contributed by atoms with van der Waals surface area (Å²) in [6.07, 6.45) is -8.85. The number of benzene rings is 1. The van der Waals surface area contributed by atoms with Gasteiger partial charge in [-0.05, 0) is 67.0 Å². The summed E-state index contributed by atoms with van der Waals surface area (Å²) in [7, 11) is 0. The van der Waals surface area contributed by atoms with Crippen LogP contribution in [0, 0.1) is 5.82 Å². The molecule has 5 rings (SSSR count). The summed E-state index contributed by atoms with van der Waals surface area (Å²) in [5.74, 6) is -1.34. The molecule has 2 aliphatic rings. The maximum absolute atomic E-state index is 15.4. The third kappa shape index (κ3) is 5.48. The molecule has 1 aliphatic carbocycles. The number of rotatable bonds is 8. The number of unbranched alkanes of at least 4 members (excludes halogenated alkanes) is 1. The minimum atomic E-state index is -5.09. The number of H-pyrrole nitrogens is 1. The number of aliphatic hydroxyl groups is 1. The summed E-state index contributed by atoms with van der Waals surface area (Å²) in [5, 5.41) is 31.0. The van der Waals surface area contributed by atoms with Gasteiger partial charge < -0.3 is 5.11 Å². The second-order valence-corrected chi connectivity index (χ2v) is 10.2. The van der Waals surface area contributed by atoms with Gasteiger partial charge in [-0.15, -0.1) is 10.2 Å². The monoisotopic (exact) mass is 573 g/mol. The van der Waals surface area contributed by atoms with E-state index in [9.17, 15) is 31.4 Å². The molecule has 1 fully saturated rings. The van der Waals surface area contributed by atoms with Crippen LogP contribution >= 0.6 is 0 Å². The smallest absolute Gasteiger partial charge is 0.374 e. The van der Waals surface area contributed by atoms with Crippen molar-refractivity contribution < 1.29 is 35.8 Å². The Labute approximate surface area is 223 Å². The lowest BCUT2D eigenvalue weighted by Gasteiger charge is -2.43. The van der Waals surface area contributed by atoms with Crippen LogP contribution in [0.3, 0.4) is 0 Å². The average Bonchev–Trinajstić information content (AvgIpc) is 3.52. The van der Waals surface area contributed by atoms with Crippen LogP contribution in [0.1, 0.15) is 73.6 Å². The van der Waals surface area contributed by atoms with Gasteiger partial charge in [-0.2, -0.15) is 36.7 Å². The highest BCUT2D eigenvalue weighted by molar-refractivity contribution is 5.91. The highest BCUT2D eigenvalue weighted by atomic mass is 19.4. The van der Waals surface area contributed by atoms with E-state index in [-0.39, 0.29) is 53.5 Å². The molecule has 1 aliphatic heterocycles. The van der Waals surface area contributed by atoms with Gasteiger partial charge in [0.25, 0.3) is 0 Å². The van der Waals surface area contributed by atoms with Crippen LogP contribution in [0.25, 0.3) is 11.1 Å². The van der Waals surface area contributed by atoms with Crippen LogP contribution < -0.4 is 5.32 Å². The van der Waals surface area contributed by atoms with Gasteiger partial charge in [-0.25, -0.2) is 4.39 Å². The minimum Gasteiger partial charge on any atom is -0.374 e. The first-order valence-corrected chi connectivity index (χ1v) is 12.8. The van der Waals surface area contributed by atoms with Crippen LogP contribution in [-0.4, -0.2) is 54.1 Å². The third-order valence-electron chi connectivity index (χ3n) is 7.53. The second-order valence-electron chi connectivity index (χ2n) is 10.2.